The molecule has 0 radical (unpaired) electrons. The van der Waals surface area contributed by atoms with E-state index in [1.807, 2.05) is 0 Å². The number of amides is 2. The normalized spacial score (nSPS) is 24.3. The van der Waals surface area contributed by atoms with E-state index in [4.69, 9.17) is 23.2 Å². The molecule has 11 heteroatoms. The molecule has 0 unspecified atom stereocenters. The van der Waals surface area contributed by atoms with Gasteiger partial charge in [-0.15, -0.1) is 0 Å². The molecule has 2 N–H and O–H groups in total. The fraction of sp³-hybridized carbons (Fsp3) is 0.450. The van der Waals surface area contributed by atoms with E-state index in [2.05, 4.69) is 11.4 Å². The average Bonchev–Trinajstić information content (AvgIpc) is 2.98. The van der Waals surface area contributed by atoms with Crippen molar-refractivity contribution in [3.8, 4) is 6.07 Å². The van der Waals surface area contributed by atoms with Gasteiger partial charge >= 0.3 is 6.18 Å². The zero-order chi connectivity index (χ0) is 23.0. The van der Waals surface area contributed by atoms with E-state index in [0.29, 0.717) is 40.6 Å². The average molecular weight is 476 g/mol. The van der Waals surface area contributed by atoms with Crippen LogP contribution in [0, 0.1) is 11.3 Å². The summed E-state index contributed by atoms with van der Waals surface area (Å²) in [5.41, 5.74) is -0.474. The lowest BCUT2D eigenvalue weighted by Gasteiger charge is -2.35. The van der Waals surface area contributed by atoms with Crippen molar-refractivity contribution in [2.45, 2.75) is 43.3 Å². The Bertz CT molecular complexity index is 980. The number of nitrogens with one attached hydrogen (secondary N) is 1. The van der Waals surface area contributed by atoms with Gasteiger partial charge in [-0.1, -0.05) is 29.3 Å². The van der Waals surface area contributed by atoms with Gasteiger partial charge in [-0.05, 0) is 43.4 Å². The van der Waals surface area contributed by atoms with Crippen LogP contribution in [0.5, 0.6) is 0 Å². The first-order chi connectivity index (χ1) is 14.5. The first-order valence-corrected chi connectivity index (χ1v) is 10.2. The van der Waals surface area contributed by atoms with Gasteiger partial charge < -0.3 is 15.3 Å². The fourth-order valence-electron chi connectivity index (χ4n) is 3.93. The fourth-order valence-corrected chi connectivity index (χ4v) is 4.22. The van der Waals surface area contributed by atoms with Crippen molar-refractivity contribution in [2.75, 3.05) is 13.1 Å². The quantitative estimate of drug-likeness (QED) is 0.687. The molecule has 1 heterocycles. The Hall–Kier alpha value is -2.44. The molecule has 0 atom stereocenters. The van der Waals surface area contributed by atoms with Crippen LogP contribution in [0.2, 0.25) is 10.0 Å². The molecule has 0 saturated heterocycles. The number of carbonyl (C=O) groups is 2. The molecule has 6 nitrogen and oxygen atoms in total. The van der Waals surface area contributed by atoms with Crippen LogP contribution in [-0.2, 0) is 15.0 Å². The molecule has 1 aliphatic carbocycles. The van der Waals surface area contributed by atoms with E-state index in [9.17, 15) is 33.1 Å². The van der Waals surface area contributed by atoms with E-state index < -0.39 is 47.8 Å². The van der Waals surface area contributed by atoms with Crippen molar-refractivity contribution in [2.24, 2.45) is 0 Å². The van der Waals surface area contributed by atoms with Crippen LogP contribution < -0.4 is 5.32 Å². The van der Waals surface area contributed by atoms with Crippen LogP contribution in [0.1, 0.15) is 31.2 Å². The topological polar surface area (TPSA) is 93.4 Å². The predicted molar refractivity (Wildman–Crippen MR) is 106 cm³/mol. The number of hydrogen-bond donors (Lipinski definition) is 2. The summed E-state index contributed by atoms with van der Waals surface area (Å²) in [6.07, 6.45) is -2.97. The molecular formula is C20H18Cl2F3N3O3. The molecule has 0 spiro atoms. The first kappa shape index (κ1) is 23.2. The number of alkyl halides is 3. The third-order valence-corrected chi connectivity index (χ3v) is 6.37. The highest BCUT2D eigenvalue weighted by molar-refractivity contribution is 6.42. The summed E-state index contributed by atoms with van der Waals surface area (Å²) in [6, 6.07) is 6.97. The van der Waals surface area contributed by atoms with Crippen molar-refractivity contribution in [3.05, 3.63) is 45.1 Å². The summed E-state index contributed by atoms with van der Waals surface area (Å²) in [5.74, 6) is -2.99. The Morgan fingerprint density at radius 1 is 1.29 bits per heavy atom. The molecule has 1 aromatic rings. The van der Waals surface area contributed by atoms with Crippen molar-refractivity contribution in [3.63, 3.8) is 0 Å². The van der Waals surface area contributed by atoms with Crippen LogP contribution in [-0.4, -0.2) is 47.1 Å². The third-order valence-electron chi connectivity index (χ3n) is 5.63. The van der Waals surface area contributed by atoms with E-state index in [-0.39, 0.29) is 6.04 Å². The number of halogens is 5. The molecule has 1 fully saturated rings. The lowest BCUT2D eigenvalue weighted by atomic mass is 9.69. The van der Waals surface area contributed by atoms with Crippen molar-refractivity contribution in [1.29, 1.82) is 5.26 Å². The number of nitrogens with zero attached hydrogens (tertiary/aromatic N) is 2. The number of aliphatic hydroxyl groups excluding tert-OH is 1. The summed E-state index contributed by atoms with van der Waals surface area (Å²) in [7, 11) is 0. The monoisotopic (exact) mass is 475 g/mol. The van der Waals surface area contributed by atoms with E-state index in [1.54, 1.807) is 18.2 Å². The highest BCUT2D eigenvalue weighted by Crippen LogP contribution is 2.41. The second-order valence-electron chi connectivity index (χ2n) is 7.67. The SMILES string of the molecule is N#C[C@]1(c2ccc(Cl)c(Cl)c2)CC[C@H](NC(=O)C2=C(O)C(=O)N(CC(F)(F)F)C2)CC1. The number of hydrogen-bond acceptors (Lipinski definition) is 4. The van der Waals surface area contributed by atoms with E-state index in [0.717, 1.165) is 5.56 Å². The highest BCUT2D eigenvalue weighted by Gasteiger charge is 2.42. The van der Waals surface area contributed by atoms with Crippen molar-refractivity contribution < 1.29 is 27.9 Å². The van der Waals surface area contributed by atoms with Gasteiger partial charge in [-0.2, -0.15) is 18.4 Å². The molecule has 166 valence electrons. The van der Waals surface area contributed by atoms with Crippen LogP contribution in [0.4, 0.5) is 13.2 Å². The van der Waals surface area contributed by atoms with Crippen molar-refractivity contribution in [1.82, 2.24) is 10.2 Å². The molecular weight excluding hydrogens is 458 g/mol. The van der Waals surface area contributed by atoms with Crippen LogP contribution in [0.3, 0.4) is 0 Å². The lowest BCUT2D eigenvalue weighted by molar-refractivity contribution is -0.157. The van der Waals surface area contributed by atoms with Crippen LogP contribution in [0.25, 0.3) is 0 Å². The number of benzene rings is 1. The number of aliphatic hydroxyl groups is 1. The predicted octanol–water partition coefficient (Wildman–Crippen LogP) is 4.03. The van der Waals surface area contributed by atoms with Gasteiger partial charge in [0.1, 0.15) is 6.54 Å². The second-order valence-corrected chi connectivity index (χ2v) is 8.49. The third kappa shape index (κ3) is 4.91. The molecule has 0 aromatic heterocycles. The summed E-state index contributed by atoms with van der Waals surface area (Å²) in [6.45, 7) is -2.17. The number of nitriles is 1. The Kier molecular flexibility index (Phi) is 6.44. The van der Waals surface area contributed by atoms with Gasteiger partial charge in [0.2, 0.25) is 0 Å². The van der Waals surface area contributed by atoms with Crippen LogP contribution in [0.15, 0.2) is 29.5 Å². The highest BCUT2D eigenvalue weighted by atomic mass is 35.5. The molecule has 2 amide bonds. The Morgan fingerprint density at radius 3 is 2.48 bits per heavy atom. The minimum absolute atomic E-state index is 0.334. The second kappa shape index (κ2) is 8.60. The Balaban J connectivity index is 1.64. The summed E-state index contributed by atoms with van der Waals surface area (Å²) in [4.78, 5) is 24.7. The van der Waals surface area contributed by atoms with Gasteiger partial charge in [-0.3, -0.25) is 9.59 Å². The zero-order valence-corrected chi connectivity index (χ0v) is 17.6. The number of rotatable bonds is 4. The van der Waals surface area contributed by atoms with Gasteiger partial charge in [0, 0.05) is 6.04 Å². The van der Waals surface area contributed by atoms with Gasteiger partial charge in [0.05, 0.1) is 33.6 Å². The largest absolute Gasteiger partial charge is 0.503 e. The molecule has 1 aliphatic heterocycles. The minimum Gasteiger partial charge on any atom is -0.503 e. The smallest absolute Gasteiger partial charge is 0.406 e. The first-order valence-electron chi connectivity index (χ1n) is 9.41. The molecule has 2 aliphatic rings. The van der Waals surface area contributed by atoms with Crippen LogP contribution >= 0.6 is 23.2 Å². The maximum Gasteiger partial charge on any atom is 0.406 e. The zero-order valence-electron chi connectivity index (χ0n) is 16.1. The summed E-state index contributed by atoms with van der Waals surface area (Å²) in [5, 5.41) is 23.0. The van der Waals surface area contributed by atoms with E-state index in [1.165, 1.54) is 0 Å². The maximum atomic E-state index is 12.6. The van der Waals surface area contributed by atoms with E-state index >= 15 is 0 Å². The molecule has 3 rings (SSSR count). The molecule has 0 bridgehead atoms. The molecule has 31 heavy (non-hydrogen) atoms. The Labute approximate surface area is 186 Å². The van der Waals surface area contributed by atoms with Crippen molar-refractivity contribution >= 4 is 35.0 Å². The Morgan fingerprint density at radius 2 is 1.94 bits per heavy atom. The van der Waals surface area contributed by atoms with Gasteiger partial charge in [-0.25, -0.2) is 0 Å². The van der Waals surface area contributed by atoms with Gasteiger partial charge in [0.25, 0.3) is 11.8 Å². The minimum atomic E-state index is -4.64. The standard InChI is InChI=1S/C20H18Cl2F3N3O3/c21-14-2-1-11(7-15(14)22)19(9-26)5-3-12(4-6-19)27-17(30)13-8-28(10-20(23,24)25)18(31)16(13)29/h1-2,7,12,29H,3-6,8,10H2,(H,27,30)/t12-,19-. The number of carbonyl (C=O) groups excluding carboxylic acids is 2. The molecule has 1 aromatic carbocycles. The van der Waals surface area contributed by atoms with Gasteiger partial charge in [0.15, 0.2) is 5.76 Å². The summed E-state index contributed by atoms with van der Waals surface area (Å²) >= 11 is 12.0. The summed E-state index contributed by atoms with van der Waals surface area (Å²) < 4.78 is 37.7. The molecule has 1 saturated carbocycles. The lowest BCUT2D eigenvalue weighted by Crippen LogP contribution is -2.43. The maximum absolute atomic E-state index is 12.6.